The smallest absolute Gasteiger partial charge is 0.260 e. The standard InChI is InChI=1S/C10H12F2N2O3S/c1-6(2)10(15)13-14-18(16,17)9-4-3-7(11)5-8(9)12/h3-6,14H,1-2H3,(H,13,15). The Morgan fingerprint density at radius 2 is 1.89 bits per heavy atom. The average molecular weight is 278 g/mol. The van der Waals surface area contributed by atoms with Gasteiger partial charge in [-0.2, -0.15) is 0 Å². The molecule has 0 saturated carbocycles. The molecule has 18 heavy (non-hydrogen) atoms. The summed E-state index contributed by atoms with van der Waals surface area (Å²) in [7, 11) is -4.26. The fourth-order valence-corrected chi connectivity index (χ4v) is 1.92. The number of halogens is 2. The van der Waals surface area contributed by atoms with Crippen LogP contribution in [0, 0.1) is 17.6 Å². The first kappa shape index (κ1) is 14.5. The van der Waals surface area contributed by atoms with Crippen molar-refractivity contribution in [3.8, 4) is 0 Å². The summed E-state index contributed by atoms with van der Waals surface area (Å²) < 4.78 is 49.1. The lowest BCUT2D eigenvalue weighted by atomic mass is 10.2. The molecule has 0 bridgehead atoms. The second-order valence-corrected chi connectivity index (χ2v) is 5.48. The Hall–Kier alpha value is -1.54. The van der Waals surface area contributed by atoms with E-state index in [1.54, 1.807) is 18.7 Å². The van der Waals surface area contributed by atoms with Gasteiger partial charge in [-0.3, -0.25) is 10.2 Å². The highest BCUT2D eigenvalue weighted by molar-refractivity contribution is 7.89. The van der Waals surface area contributed by atoms with Gasteiger partial charge >= 0.3 is 0 Å². The zero-order valence-electron chi connectivity index (χ0n) is 9.70. The maximum atomic E-state index is 13.3. The van der Waals surface area contributed by atoms with Crippen molar-refractivity contribution >= 4 is 15.9 Å². The lowest BCUT2D eigenvalue weighted by Gasteiger charge is -2.10. The van der Waals surface area contributed by atoms with Gasteiger partial charge in [0, 0.05) is 12.0 Å². The van der Waals surface area contributed by atoms with Crippen LogP contribution >= 0.6 is 0 Å². The summed E-state index contributed by atoms with van der Waals surface area (Å²) in [5.41, 5.74) is 1.93. The fourth-order valence-electron chi connectivity index (χ4n) is 1.01. The van der Waals surface area contributed by atoms with Gasteiger partial charge in [0.05, 0.1) is 0 Å². The molecule has 1 amide bonds. The molecule has 0 fully saturated rings. The van der Waals surface area contributed by atoms with Crippen LogP contribution in [0.2, 0.25) is 0 Å². The Morgan fingerprint density at radius 1 is 1.28 bits per heavy atom. The van der Waals surface area contributed by atoms with E-state index in [1.165, 1.54) is 0 Å². The van der Waals surface area contributed by atoms with Crippen molar-refractivity contribution < 1.29 is 22.0 Å². The number of carbonyl (C=O) groups excluding carboxylic acids is 1. The topological polar surface area (TPSA) is 75.3 Å². The highest BCUT2D eigenvalue weighted by Gasteiger charge is 2.20. The van der Waals surface area contributed by atoms with Crippen molar-refractivity contribution in [3.05, 3.63) is 29.8 Å². The van der Waals surface area contributed by atoms with Crippen molar-refractivity contribution in [2.45, 2.75) is 18.7 Å². The van der Waals surface area contributed by atoms with Crippen molar-refractivity contribution in [1.29, 1.82) is 0 Å². The third kappa shape index (κ3) is 3.47. The summed E-state index contributed by atoms with van der Waals surface area (Å²) in [5, 5.41) is 0. The summed E-state index contributed by atoms with van der Waals surface area (Å²) in [4.78, 5) is 12.2. The molecular formula is C10H12F2N2O3S. The number of hydrazine groups is 1. The van der Waals surface area contributed by atoms with Crippen LogP contribution in [0.4, 0.5) is 8.78 Å². The Kier molecular flexibility index (Phi) is 4.36. The van der Waals surface area contributed by atoms with Gasteiger partial charge in [-0.1, -0.05) is 13.8 Å². The molecule has 5 nitrogen and oxygen atoms in total. The first-order chi connectivity index (χ1) is 8.24. The van der Waals surface area contributed by atoms with E-state index in [1.807, 2.05) is 5.43 Å². The number of hydrogen-bond donors (Lipinski definition) is 2. The van der Waals surface area contributed by atoms with Crippen LogP contribution in [-0.4, -0.2) is 14.3 Å². The lowest BCUT2D eigenvalue weighted by Crippen LogP contribution is -2.43. The molecule has 100 valence electrons. The summed E-state index contributed by atoms with van der Waals surface area (Å²) in [6, 6.07) is 2.02. The second kappa shape index (κ2) is 5.40. The largest absolute Gasteiger partial charge is 0.277 e. The molecule has 0 aromatic heterocycles. The number of rotatable bonds is 4. The molecule has 1 aromatic rings. The normalized spacial score (nSPS) is 11.6. The molecule has 0 aliphatic rings. The van der Waals surface area contributed by atoms with E-state index in [-0.39, 0.29) is 0 Å². The summed E-state index contributed by atoms with van der Waals surface area (Å²) in [6.07, 6.45) is 0. The van der Waals surface area contributed by atoms with Gasteiger partial charge in [0.2, 0.25) is 5.91 Å². The zero-order valence-corrected chi connectivity index (χ0v) is 10.5. The predicted molar refractivity (Wildman–Crippen MR) is 59.7 cm³/mol. The van der Waals surface area contributed by atoms with Crippen LogP contribution < -0.4 is 10.3 Å². The van der Waals surface area contributed by atoms with E-state index in [4.69, 9.17) is 0 Å². The lowest BCUT2D eigenvalue weighted by molar-refractivity contribution is -0.124. The average Bonchev–Trinajstić information content (AvgIpc) is 2.25. The third-order valence-electron chi connectivity index (χ3n) is 2.02. The van der Waals surface area contributed by atoms with Gasteiger partial charge < -0.3 is 0 Å². The zero-order chi connectivity index (χ0) is 13.9. The third-order valence-corrected chi connectivity index (χ3v) is 3.30. The highest BCUT2D eigenvalue weighted by Crippen LogP contribution is 2.14. The summed E-state index contributed by atoms with van der Waals surface area (Å²) >= 11 is 0. The molecular weight excluding hydrogens is 266 g/mol. The van der Waals surface area contributed by atoms with E-state index in [0.717, 1.165) is 12.1 Å². The van der Waals surface area contributed by atoms with Gasteiger partial charge in [-0.05, 0) is 12.1 Å². The molecule has 0 spiro atoms. The number of carbonyl (C=O) groups is 1. The van der Waals surface area contributed by atoms with Crippen LogP contribution in [0.1, 0.15) is 13.8 Å². The minimum atomic E-state index is -4.26. The van der Waals surface area contributed by atoms with Crippen LogP contribution in [0.15, 0.2) is 23.1 Å². The van der Waals surface area contributed by atoms with Gasteiger partial charge in [-0.15, -0.1) is 4.83 Å². The molecule has 0 saturated heterocycles. The van der Waals surface area contributed by atoms with E-state index in [9.17, 15) is 22.0 Å². The van der Waals surface area contributed by atoms with E-state index < -0.39 is 38.4 Å². The van der Waals surface area contributed by atoms with Crippen molar-refractivity contribution in [1.82, 2.24) is 10.3 Å². The number of amides is 1. The Bertz CT molecular complexity index is 558. The van der Waals surface area contributed by atoms with Gasteiger partial charge in [0.1, 0.15) is 16.5 Å². The van der Waals surface area contributed by atoms with Crippen molar-refractivity contribution in [3.63, 3.8) is 0 Å². The monoisotopic (exact) mass is 278 g/mol. The highest BCUT2D eigenvalue weighted by atomic mass is 32.2. The van der Waals surface area contributed by atoms with Crippen LogP contribution in [0.5, 0.6) is 0 Å². The minimum absolute atomic E-state index is 0.439. The molecule has 0 aliphatic heterocycles. The number of sulfonamides is 1. The Labute approximate surface area is 103 Å². The predicted octanol–water partition coefficient (Wildman–Crippen LogP) is 0.930. The van der Waals surface area contributed by atoms with E-state index in [2.05, 4.69) is 0 Å². The number of nitrogens with one attached hydrogen (secondary N) is 2. The maximum absolute atomic E-state index is 13.3. The molecule has 2 N–H and O–H groups in total. The first-order valence-corrected chi connectivity index (χ1v) is 6.49. The van der Waals surface area contributed by atoms with Gasteiger partial charge in [0.25, 0.3) is 10.0 Å². The SMILES string of the molecule is CC(C)C(=O)NNS(=O)(=O)c1ccc(F)cc1F. The van der Waals surface area contributed by atoms with Crippen molar-refractivity contribution in [2.75, 3.05) is 0 Å². The maximum Gasteiger partial charge on any atom is 0.260 e. The van der Waals surface area contributed by atoms with Crippen LogP contribution in [-0.2, 0) is 14.8 Å². The van der Waals surface area contributed by atoms with Crippen LogP contribution in [0.3, 0.4) is 0 Å². The van der Waals surface area contributed by atoms with Gasteiger partial charge in [0.15, 0.2) is 0 Å². The van der Waals surface area contributed by atoms with E-state index in [0.29, 0.717) is 6.07 Å². The molecule has 1 aromatic carbocycles. The fraction of sp³-hybridized carbons (Fsp3) is 0.300. The van der Waals surface area contributed by atoms with Crippen molar-refractivity contribution in [2.24, 2.45) is 5.92 Å². The summed E-state index contributed by atoms with van der Waals surface area (Å²) in [6.45, 7) is 3.12. The first-order valence-electron chi connectivity index (χ1n) is 5.01. The molecule has 0 atom stereocenters. The van der Waals surface area contributed by atoms with Gasteiger partial charge in [-0.25, -0.2) is 17.2 Å². The second-order valence-electron chi connectivity index (χ2n) is 3.82. The number of benzene rings is 1. The quantitative estimate of drug-likeness (QED) is 0.805. The summed E-state index contributed by atoms with van der Waals surface area (Å²) in [5.74, 6) is -3.13. The Balaban J connectivity index is 2.90. The molecule has 1 rings (SSSR count). The molecule has 0 aliphatic carbocycles. The minimum Gasteiger partial charge on any atom is -0.277 e. The van der Waals surface area contributed by atoms with Crippen LogP contribution in [0.25, 0.3) is 0 Å². The van der Waals surface area contributed by atoms with E-state index >= 15 is 0 Å². The Morgan fingerprint density at radius 3 is 2.39 bits per heavy atom. The molecule has 0 unspecified atom stereocenters. The molecule has 0 radical (unpaired) electrons. The molecule has 8 heteroatoms. The molecule has 0 heterocycles. The number of hydrogen-bond acceptors (Lipinski definition) is 3.